The van der Waals surface area contributed by atoms with Crippen molar-refractivity contribution in [2.24, 2.45) is 5.92 Å². The Morgan fingerprint density at radius 2 is 1.85 bits per heavy atom. The van der Waals surface area contributed by atoms with Gasteiger partial charge in [0.15, 0.2) is 0 Å². The number of nitrogens with one attached hydrogen (secondary N) is 2. The maximum atomic E-state index is 11.8. The molecule has 0 spiro atoms. The highest BCUT2D eigenvalue weighted by Gasteiger charge is 2.14. The van der Waals surface area contributed by atoms with Gasteiger partial charge in [0.2, 0.25) is 15.9 Å². The fraction of sp³-hybridized carbons (Fsp3) is 0.500. The van der Waals surface area contributed by atoms with Gasteiger partial charge in [-0.2, -0.15) is 0 Å². The number of carbonyl (C=O) groups excluding carboxylic acids is 1. The molecule has 0 fully saturated rings. The van der Waals surface area contributed by atoms with Crippen molar-refractivity contribution in [1.82, 2.24) is 10.0 Å². The van der Waals surface area contributed by atoms with E-state index in [1.165, 1.54) is 7.05 Å². The van der Waals surface area contributed by atoms with Gasteiger partial charge in [0, 0.05) is 12.5 Å². The third-order valence-corrected chi connectivity index (χ3v) is 4.60. The summed E-state index contributed by atoms with van der Waals surface area (Å²) in [5, 5.41) is 2.84. The van der Waals surface area contributed by atoms with Gasteiger partial charge >= 0.3 is 0 Å². The fourth-order valence-corrected chi connectivity index (χ4v) is 2.53. The molecule has 5 nitrogen and oxygen atoms in total. The summed E-state index contributed by atoms with van der Waals surface area (Å²) >= 11 is 0. The molecule has 1 aromatic carbocycles. The van der Waals surface area contributed by atoms with Gasteiger partial charge in [0.1, 0.15) is 0 Å². The van der Waals surface area contributed by atoms with Gasteiger partial charge in [0.25, 0.3) is 0 Å². The molecule has 112 valence electrons. The lowest BCUT2D eigenvalue weighted by Crippen LogP contribution is -2.29. The van der Waals surface area contributed by atoms with Gasteiger partial charge in [-0.05, 0) is 24.6 Å². The van der Waals surface area contributed by atoms with Crippen LogP contribution in [0.5, 0.6) is 0 Å². The molecule has 0 aromatic heterocycles. The molecule has 1 rings (SSSR count). The lowest BCUT2D eigenvalue weighted by Gasteiger charge is -2.13. The first-order chi connectivity index (χ1) is 9.39. The molecule has 1 atom stereocenters. The Morgan fingerprint density at radius 1 is 1.25 bits per heavy atom. The van der Waals surface area contributed by atoms with Gasteiger partial charge in [0.05, 0.1) is 5.75 Å². The number of hydrogen-bond donors (Lipinski definition) is 2. The van der Waals surface area contributed by atoms with Crippen LogP contribution in [0.2, 0.25) is 0 Å². The van der Waals surface area contributed by atoms with Crippen LogP contribution >= 0.6 is 0 Å². The van der Waals surface area contributed by atoms with Crippen LogP contribution in [-0.4, -0.2) is 21.4 Å². The number of rotatable bonds is 7. The van der Waals surface area contributed by atoms with E-state index in [1.807, 2.05) is 26.0 Å². The molecule has 0 saturated carbocycles. The van der Waals surface area contributed by atoms with Crippen molar-refractivity contribution < 1.29 is 13.2 Å². The summed E-state index contributed by atoms with van der Waals surface area (Å²) in [5.74, 6) is -0.138. The maximum Gasteiger partial charge on any atom is 0.223 e. The van der Waals surface area contributed by atoms with E-state index in [0.29, 0.717) is 12.1 Å². The lowest BCUT2D eigenvalue weighted by molar-refractivity contribution is -0.124. The molecule has 1 amide bonds. The van der Waals surface area contributed by atoms with E-state index >= 15 is 0 Å². The van der Waals surface area contributed by atoms with Crippen LogP contribution in [0.25, 0.3) is 0 Å². The first-order valence-electron chi connectivity index (χ1n) is 6.65. The molecule has 0 radical (unpaired) electrons. The van der Waals surface area contributed by atoms with Crippen molar-refractivity contribution >= 4 is 15.9 Å². The molecule has 6 heteroatoms. The van der Waals surface area contributed by atoms with Crippen molar-refractivity contribution in [3.8, 4) is 0 Å². The summed E-state index contributed by atoms with van der Waals surface area (Å²) in [6, 6.07) is 7.22. The first kappa shape index (κ1) is 16.7. The second kappa shape index (κ2) is 7.40. The smallest absolute Gasteiger partial charge is 0.223 e. The summed E-state index contributed by atoms with van der Waals surface area (Å²) in [6.45, 7) is 4.17. The van der Waals surface area contributed by atoms with E-state index in [-0.39, 0.29) is 17.6 Å². The highest BCUT2D eigenvalue weighted by molar-refractivity contribution is 7.88. The summed E-state index contributed by atoms with van der Waals surface area (Å²) in [4.78, 5) is 11.8. The highest BCUT2D eigenvalue weighted by atomic mass is 32.2. The third kappa shape index (κ3) is 4.94. The Hall–Kier alpha value is -1.40. The van der Waals surface area contributed by atoms with Gasteiger partial charge in [-0.1, -0.05) is 38.1 Å². The largest absolute Gasteiger partial charge is 0.352 e. The van der Waals surface area contributed by atoms with Gasteiger partial charge in [-0.15, -0.1) is 0 Å². The van der Waals surface area contributed by atoms with Crippen LogP contribution < -0.4 is 10.0 Å². The molecule has 0 bridgehead atoms. The Bertz CT molecular complexity index is 555. The predicted octanol–water partition coefficient (Wildman–Crippen LogP) is 1.40. The fourth-order valence-electron chi connectivity index (χ4n) is 1.69. The van der Waals surface area contributed by atoms with Crippen LogP contribution in [0.4, 0.5) is 0 Å². The van der Waals surface area contributed by atoms with Gasteiger partial charge in [-0.3, -0.25) is 4.79 Å². The Balaban J connectivity index is 2.79. The molecule has 0 heterocycles. The maximum absolute atomic E-state index is 11.8. The van der Waals surface area contributed by atoms with E-state index in [9.17, 15) is 13.2 Å². The summed E-state index contributed by atoms with van der Waals surface area (Å²) in [7, 11) is -1.93. The Morgan fingerprint density at radius 3 is 2.40 bits per heavy atom. The summed E-state index contributed by atoms with van der Waals surface area (Å²) in [5.41, 5.74) is 1.52. The van der Waals surface area contributed by atoms with Crippen LogP contribution in [0.3, 0.4) is 0 Å². The summed E-state index contributed by atoms with van der Waals surface area (Å²) in [6.07, 6.45) is 0.779. The SMILES string of the molecule is CCC(C)C(=O)NCc1ccccc1CS(=O)(=O)NC. The zero-order valence-electron chi connectivity index (χ0n) is 12.1. The zero-order chi connectivity index (χ0) is 15.2. The van der Waals surface area contributed by atoms with Crippen LogP contribution in [0, 0.1) is 5.92 Å². The minimum Gasteiger partial charge on any atom is -0.352 e. The molecular weight excluding hydrogens is 276 g/mol. The second-order valence-electron chi connectivity index (χ2n) is 4.76. The second-order valence-corrected chi connectivity index (χ2v) is 6.69. The van der Waals surface area contributed by atoms with E-state index in [1.54, 1.807) is 12.1 Å². The standard InChI is InChI=1S/C14H22N2O3S/c1-4-11(2)14(17)16-9-12-7-5-6-8-13(12)10-20(18,19)15-3/h5-8,11,15H,4,9-10H2,1-3H3,(H,16,17). The van der Waals surface area contributed by atoms with E-state index in [2.05, 4.69) is 10.0 Å². The van der Waals surface area contributed by atoms with Gasteiger partial charge in [-0.25, -0.2) is 13.1 Å². The first-order valence-corrected chi connectivity index (χ1v) is 8.30. The highest BCUT2D eigenvalue weighted by Crippen LogP contribution is 2.12. The van der Waals surface area contributed by atoms with Crippen LogP contribution in [-0.2, 0) is 27.1 Å². The van der Waals surface area contributed by atoms with E-state index < -0.39 is 10.0 Å². The molecule has 1 unspecified atom stereocenters. The Labute approximate surface area is 120 Å². The molecule has 0 saturated heterocycles. The number of sulfonamides is 1. The predicted molar refractivity (Wildman–Crippen MR) is 79.4 cm³/mol. The van der Waals surface area contributed by atoms with Crippen LogP contribution in [0.1, 0.15) is 31.4 Å². The van der Waals surface area contributed by atoms with Gasteiger partial charge < -0.3 is 5.32 Å². The monoisotopic (exact) mass is 298 g/mol. The third-order valence-electron chi connectivity index (χ3n) is 3.29. The number of benzene rings is 1. The molecule has 0 aliphatic heterocycles. The molecule has 2 N–H and O–H groups in total. The minimum atomic E-state index is -3.32. The van der Waals surface area contributed by atoms with Crippen molar-refractivity contribution in [3.05, 3.63) is 35.4 Å². The molecule has 0 aliphatic carbocycles. The molecular formula is C14H22N2O3S. The quantitative estimate of drug-likeness (QED) is 0.799. The molecule has 20 heavy (non-hydrogen) atoms. The number of carbonyl (C=O) groups is 1. The topological polar surface area (TPSA) is 75.3 Å². The number of hydrogen-bond acceptors (Lipinski definition) is 3. The zero-order valence-corrected chi connectivity index (χ0v) is 13.0. The molecule has 1 aromatic rings. The Kier molecular flexibility index (Phi) is 6.16. The average molecular weight is 298 g/mol. The van der Waals surface area contributed by atoms with Crippen molar-refractivity contribution in [3.63, 3.8) is 0 Å². The minimum absolute atomic E-state index is 0.0150. The summed E-state index contributed by atoms with van der Waals surface area (Å²) < 4.78 is 25.5. The van der Waals surface area contributed by atoms with Crippen molar-refractivity contribution in [2.45, 2.75) is 32.6 Å². The lowest BCUT2D eigenvalue weighted by atomic mass is 10.1. The van der Waals surface area contributed by atoms with E-state index in [4.69, 9.17) is 0 Å². The molecule has 0 aliphatic rings. The average Bonchev–Trinajstić information content (AvgIpc) is 2.44. The van der Waals surface area contributed by atoms with Crippen LogP contribution in [0.15, 0.2) is 24.3 Å². The number of amides is 1. The van der Waals surface area contributed by atoms with Crippen molar-refractivity contribution in [1.29, 1.82) is 0 Å². The van der Waals surface area contributed by atoms with E-state index in [0.717, 1.165) is 12.0 Å². The van der Waals surface area contributed by atoms with Crippen molar-refractivity contribution in [2.75, 3.05) is 7.05 Å². The normalized spacial score (nSPS) is 12.9.